The third kappa shape index (κ3) is 4.84. The van der Waals surface area contributed by atoms with E-state index in [9.17, 15) is 5.11 Å². The Morgan fingerprint density at radius 3 is 2.56 bits per heavy atom. The smallest absolute Gasteiger partial charge is 0.119 e. The number of rotatable bonds is 6. The molecule has 1 rings (SSSR count). The summed E-state index contributed by atoms with van der Waals surface area (Å²) in [4.78, 5) is 1.72. The van der Waals surface area contributed by atoms with E-state index in [0.29, 0.717) is 17.9 Å². The lowest BCUT2D eigenvalue weighted by molar-refractivity contribution is 0.0799. The molecule has 18 heavy (non-hydrogen) atoms. The molecule has 0 amide bonds. The van der Waals surface area contributed by atoms with Gasteiger partial charge in [0.05, 0.1) is 24.2 Å². The fourth-order valence-corrected chi connectivity index (χ4v) is 1.42. The Hall–Kier alpha value is -2.08. The molecule has 0 fully saturated rings. The Kier molecular flexibility index (Phi) is 5.66. The zero-order chi connectivity index (χ0) is 13.4. The van der Waals surface area contributed by atoms with Gasteiger partial charge in [0, 0.05) is 6.54 Å². The van der Waals surface area contributed by atoms with Gasteiger partial charge in [0.1, 0.15) is 18.5 Å². The van der Waals surface area contributed by atoms with Gasteiger partial charge in [0.15, 0.2) is 0 Å². The third-order valence-corrected chi connectivity index (χ3v) is 2.29. The van der Waals surface area contributed by atoms with Crippen LogP contribution in [0.2, 0.25) is 0 Å². The molecule has 0 aliphatic carbocycles. The Labute approximate surface area is 106 Å². The molecule has 1 unspecified atom stereocenters. The molecule has 0 heterocycles. The fraction of sp³-hybridized carbons (Fsp3) is 0.385. The first-order valence-corrected chi connectivity index (χ1v) is 5.52. The van der Waals surface area contributed by atoms with E-state index < -0.39 is 6.10 Å². The van der Waals surface area contributed by atoms with Gasteiger partial charge in [-0.25, -0.2) is 0 Å². The largest absolute Gasteiger partial charge is 0.491 e. The minimum absolute atomic E-state index is 0.154. The molecule has 1 aromatic carbocycles. The topological polar surface area (TPSA) is 80.3 Å². The second kappa shape index (κ2) is 7.29. The number of nitriles is 2. The average Bonchev–Trinajstić information content (AvgIpc) is 2.37. The summed E-state index contributed by atoms with van der Waals surface area (Å²) in [6.45, 7) is 0.805. The van der Waals surface area contributed by atoms with E-state index in [1.54, 1.807) is 36.2 Å². The predicted octanol–water partition coefficient (Wildman–Crippen LogP) is 0.753. The molecule has 0 spiro atoms. The normalized spacial score (nSPS) is 11.6. The highest BCUT2D eigenvalue weighted by molar-refractivity contribution is 5.34. The van der Waals surface area contributed by atoms with Crippen LogP contribution in [0.1, 0.15) is 5.56 Å². The van der Waals surface area contributed by atoms with Gasteiger partial charge in [-0.3, -0.25) is 4.90 Å². The number of likely N-dealkylation sites (N-methyl/N-ethyl adjacent to an activating group) is 1. The molecule has 0 bridgehead atoms. The van der Waals surface area contributed by atoms with Crippen LogP contribution in [0.15, 0.2) is 24.3 Å². The van der Waals surface area contributed by atoms with Crippen molar-refractivity contribution in [2.45, 2.75) is 6.10 Å². The van der Waals surface area contributed by atoms with Gasteiger partial charge in [-0.2, -0.15) is 10.5 Å². The van der Waals surface area contributed by atoms with Crippen molar-refractivity contribution in [3.63, 3.8) is 0 Å². The van der Waals surface area contributed by atoms with Gasteiger partial charge in [0.25, 0.3) is 0 Å². The Bertz CT molecular complexity index is 445. The molecule has 0 aliphatic rings. The summed E-state index contributed by atoms with van der Waals surface area (Å²) >= 11 is 0. The molecule has 0 aromatic heterocycles. The minimum atomic E-state index is -0.654. The van der Waals surface area contributed by atoms with Crippen molar-refractivity contribution in [2.75, 3.05) is 26.7 Å². The highest BCUT2D eigenvalue weighted by atomic mass is 16.5. The first kappa shape index (κ1) is 14.0. The van der Waals surface area contributed by atoms with Gasteiger partial charge in [0.2, 0.25) is 0 Å². The van der Waals surface area contributed by atoms with Crippen molar-refractivity contribution in [3.05, 3.63) is 29.8 Å². The Morgan fingerprint density at radius 2 is 2.00 bits per heavy atom. The van der Waals surface area contributed by atoms with E-state index in [0.717, 1.165) is 0 Å². The maximum atomic E-state index is 9.68. The Morgan fingerprint density at radius 1 is 1.33 bits per heavy atom. The summed E-state index contributed by atoms with van der Waals surface area (Å²) in [6, 6.07) is 10.7. The number of aliphatic hydroxyl groups excluding tert-OH is 1. The molecule has 0 aliphatic heterocycles. The molecule has 1 aromatic rings. The van der Waals surface area contributed by atoms with Crippen LogP contribution in [0.3, 0.4) is 0 Å². The summed E-state index contributed by atoms with van der Waals surface area (Å²) in [6.07, 6.45) is -0.654. The number of hydrogen-bond donors (Lipinski definition) is 1. The minimum Gasteiger partial charge on any atom is -0.491 e. The molecule has 1 N–H and O–H groups in total. The summed E-state index contributed by atoms with van der Waals surface area (Å²) < 4.78 is 5.38. The zero-order valence-electron chi connectivity index (χ0n) is 10.2. The van der Waals surface area contributed by atoms with Crippen LogP contribution < -0.4 is 4.74 Å². The van der Waals surface area contributed by atoms with Crippen molar-refractivity contribution in [2.24, 2.45) is 0 Å². The van der Waals surface area contributed by atoms with E-state index in [-0.39, 0.29) is 13.2 Å². The number of aliphatic hydroxyl groups is 1. The molecule has 5 heteroatoms. The lowest BCUT2D eigenvalue weighted by atomic mass is 10.2. The first-order chi connectivity index (χ1) is 8.65. The van der Waals surface area contributed by atoms with Crippen LogP contribution in [0.4, 0.5) is 0 Å². The molecule has 94 valence electrons. The van der Waals surface area contributed by atoms with E-state index >= 15 is 0 Å². The van der Waals surface area contributed by atoms with Crippen LogP contribution in [-0.4, -0.2) is 42.9 Å². The standard InChI is InChI=1S/C13H15N3O2/c1-16(7-6-14)9-12(17)10-18-13-4-2-11(8-15)3-5-13/h2-5,12,17H,7,9-10H2,1H3. The lowest BCUT2D eigenvalue weighted by Crippen LogP contribution is -2.33. The predicted molar refractivity (Wildman–Crippen MR) is 65.8 cm³/mol. The van der Waals surface area contributed by atoms with Crippen molar-refractivity contribution < 1.29 is 9.84 Å². The van der Waals surface area contributed by atoms with Crippen molar-refractivity contribution in [1.29, 1.82) is 10.5 Å². The second-order valence-electron chi connectivity index (χ2n) is 3.96. The highest BCUT2D eigenvalue weighted by Gasteiger charge is 2.08. The van der Waals surface area contributed by atoms with Gasteiger partial charge in [-0.1, -0.05) is 0 Å². The van der Waals surface area contributed by atoms with Crippen LogP contribution in [0, 0.1) is 22.7 Å². The summed E-state index contributed by atoms with van der Waals surface area (Å²) in [5.74, 6) is 0.607. The van der Waals surface area contributed by atoms with Gasteiger partial charge < -0.3 is 9.84 Å². The van der Waals surface area contributed by atoms with E-state index in [1.807, 2.05) is 12.1 Å². The van der Waals surface area contributed by atoms with Crippen LogP contribution in [0.5, 0.6) is 5.75 Å². The van der Waals surface area contributed by atoms with E-state index in [1.165, 1.54) is 0 Å². The van der Waals surface area contributed by atoms with E-state index in [4.69, 9.17) is 15.3 Å². The number of benzene rings is 1. The molecule has 1 atom stereocenters. The van der Waals surface area contributed by atoms with Crippen molar-refractivity contribution >= 4 is 0 Å². The third-order valence-electron chi connectivity index (χ3n) is 2.29. The fourth-order valence-electron chi connectivity index (χ4n) is 1.42. The monoisotopic (exact) mass is 245 g/mol. The number of nitrogens with zero attached hydrogens (tertiary/aromatic N) is 3. The number of ether oxygens (including phenoxy) is 1. The van der Waals surface area contributed by atoms with Crippen LogP contribution in [0.25, 0.3) is 0 Å². The zero-order valence-corrected chi connectivity index (χ0v) is 10.2. The maximum Gasteiger partial charge on any atom is 0.119 e. The molecule has 0 saturated carbocycles. The molecular formula is C13H15N3O2. The van der Waals surface area contributed by atoms with Crippen LogP contribution >= 0.6 is 0 Å². The quantitative estimate of drug-likeness (QED) is 0.748. The summed E-state index contributed by atoms with van der Waals surface area (Å²) in [5, 5.41) is 26.8. The highest BCUT2D eigenvalue weighted by Crippen LogP contribution is 2.11. The molecule has 0 saturated heterocycles. The SMILES string of the molecule is CN(CC#N)CC(O)COc1ccc(C#N)cc1. The van der Waals surface area contributed by atoms with E-state index in [2.05, 4.69) is 0 Å². The van der Waals surface area contributed by atoms with Crippen LogP contribution in [-0.2, 0) is 0 Å². The number of hydrogen-bond acceptors (Lipinski definition) is 5. The van der Waals surface area contributed by atoms with Gasteiger partial charge in [-0.05, 0) is 31.3 Å². The second-order valence-corrected chi connectivity index (χ2v) is 3.96. The van der Waals surface area contributed by atoms with Gasteiger partial charge >= 0.3 is 0 Å². The van der Waals surface area contributed by atoms with Gasteiger partial charge in [-0.15, -0.1) is 0 Å². The van der Waals surface area contributed by atoms with Crippen molar-refractivity contribution in [3.8, 4) is 17.9 Å². The molecule has 0 radical (unpaired) electrons. The first-order valence-electron chi connectivity index (χ1n) is 5.52. The summed E-state index contributed by atoms with van der Waals surface area (Å²) in [7, 11) is 1.76. The molecular weight excluding hydrogens is 230 g/mol. The Balaban J connectivity index is 2.36. The maximum absolute atomic E-state index is 9.68. The average molecular weight is 245 g/mol. The summed E-state index contributed by atoms with van der Waals surface area (Å²) in [5.41, 5.74) is 0.566. The molecule has 5 nitrogen and oxygen atoms in total. The van der Waals surface area contributed by atoms with Crippen molar-refractivity contribution in [1.82, 2.24) is 4.90 Å². The lowest BCUT2D eigenvalue weighted by Gasteiger charge is -2.18.